The van der Waals surface area contributed by atoms with Gasteiger partial charge in [-0.2, -0.15) is 5.10 Å². The lowest BCUT2D eigenvalue weighted by Gasteiger charge is -2.15. The molecule has 3 aromatic carbocycles. The first-order valence-electron chi connectivity index (χ1n) is 10.9. The van der Waals surface area contributed by atoms with Crippen LogP contribution in [0.3, 0.4) is 0 Å². The van der Waals surface area contributed by atoms with Gasteiger partial charge in [0.2, 0.25) is 0 Å². The number of halogens is 2. The standard InChI is InChI=1S/C26H26ClIN2O4/c1-3-13-33-22-11-7-20(8-12-22)26(31)30-29-16-19-14-23(28)25(24(15-19)32-4-2)34-17-18-5-9-21(27)10-6-18/h5-12,14-16H,3-4,13,17H2,1-2H3,(H,30,31)/b29-16-. The van der Waals surface area contributed by atoms with Crippen molar-refractivity contribution in [1.82, 2.24) is 5.43 Å². The molecule has 1 N–H and O–H groups in total. The van der Waals surface area contributed by atoms with Crippen LogP contribution in [0, 0.1) is 3.57 Å². The molecule has 8 heteroatoms. The molecule has 0 aliphatic rings. The molecule has 0 bridgehead atoms. The van der Waals surface area contributed by atoms with Gasteiger partial charge in [-0.1, -0.05) is 30.7 Å². The van der Waals surface area contributed by atoms with Gasteiger partial charge in [-0.3, -0.25) is 4.79 Å². The number of amides is 1. The third-order valence-electron chi connectivity index (χ3n) is 4.60. The van der Waals surface area contributed by atoms with E-state index < -0.39 is 0 Å². The SMILES string of the molecule is CCCOc1ccc(C(=O)N/N=C\c2cc(I)c(OCc3ccc(Cl)cc3)c(OCC)c2)cc1. The quantitative estimate of drug-likeness (QED) is 0.157. The number of carbonyl (C=O) groups is 1. The third kappa shape index (κ3) is 7.63. The van der Waals surface area contributed by atoms with Crippen molar-refractivity contribution in [3.8, 4) is 17.2 Å². The van der Waals surface area contributed by atoms with Crippen LogP contribution in [-0.4, -0.2) is 25.3 Å². The number of hydrogen-bond acceptors (Lipinski definition) is 5. The minimum atomic E-state index is -0.305. The van der Waals surface area contributed by atoms with E-state index in [1.807, 2.05) is 50.2 Å². The van der Waals surface area contributed by atoms with Gasteiger partial charge in [-0.25, -0.2) is 5.43 Å². The van der Waals surface area contributed by atoms with Gasteiger partial charge in [0, 0.05) is 10.6 Å². The van der Waals surface area contributed by atoms with Crippen LogP contribution in [0.15, 0.2) is 65.8 Å². The zero-order valence-corrected chi connectivity index (χ0v) is 21.9. The lowest BCUT2D eigenvalue weighted by molar-refractivity contribution is 0.0955. The monoisotopic (exact) mass is 592 g/mol. The van der Waals surface area contributed by atoms with Crippen LogP contribution >= 0.6 is 34.2 Å². The van der Waals surface area contributed by atoms with Crippen LogP contribution < -0.4 is 19.6 Å². The molecule has 6 nitrogen and oxygen atoms in total. The summed E-state index contributed by atoms with van der Waals surface area (Å²) >= 11 is 8.15. The molecular weight excluding hydrogens is 567 g/mol. The largest absolute Gasteiger partial charge is 0.494 e. The maximum Gasteiger partial charge on any atom is 0.271 e. The molecule has 1 amide bonds. The molecule has 0 aromatic heterocycles. The van der Waals surface area contributed by atoms with Gasteiger partial charge in [0.15, 0.2) is 11.5 Å². The minimum Gasteiger partial charge on any atom is -0.494 e. The molecule has 0 unspecified atom stereocenters. The summed E-state index contributed by atoms with van der Waals surface area (Å²) < 4.78 is 18.2. The van der Waals surface area contributed by atoms with E-state index in [4.69, 9.17) is 25.8 Å². The van der Waals surface area contributed by atoms with E-state index in [2.05, 4.69) is 33.1 Å². The normalized spacial score (nSPS) is 10.8. The molecule has 34 heavy (non-hydrogen) atoms. The Morgan fingerprint density at radius 2 is 1.76 bits per heavy atom. The molecule has 3 rings (SSSR count). The maximum atomic E-state index is 12.4. The Balaban J connectivity index is 1.65. The zero-order valence-electron chi connectivity index (χ0n) is 19.0. The van der Waals surface area contributed by atoms with E-state index in [0.717, 1.165) is 26.9 Å². The first-order chi connectivity index (χ1) is 16.5. The average molecular weight is 593 g/mol. The Kier molecular flexibility index (Phi) is 10.0. The minimum absolute atomic E-state index is 0.305. The van der Waals surface area contributed by atoms with Crippen LogP contribution in [-0.2, 0) is 6.61 Å². The summed E-state index contributed by atoms with van der Waals surface area (Å²) in [5.74, 6) is 1.70. The molecule has 0 heterocycles. The summed E-state index contributed by atoms with van der Waals surface area (Å²) in [7, 11) is 0. The first kappa shape index (κ1) is 25.8. The van der Waals surface area contributed by atoms with Crippen LogP contribution in [0.4, 0.5) is 0 Å². The molecule has 0 atom stereocenters. The Hall–Kier alpha value is -2.78. The van der Waals surface area contributed by atoms with Gasteiger partial charge < -0.3 is 14.2 Å². The molecule has 178 valence electrons. The Bertz CT molecular complexity index is 1120. The lowest BCUT2D eigenvalue weighted by Crippen LogP contribution is -2.17. The Labute approximate surface area is 218 Å². The van der Waals surface area contributed by atoms with Crippen molar-refractivity contribution < 1.29 is 19.0 Å². The Morgan fingerprint density at radius 3 is 2.44 bits per heavy atom. The number of nitrogens with zero attached hydrogens (tertiary/aromatic N) is 1. The molecule has 0 saturated heterocycles. The number of rotatable bonds is 11. The fraction of sp³-hybridized carbons (Fsp3) is 0.231. The molecular formula is C26H26ClIN2O4. The molecule has 0 radical (unpaired) electrons. The van der Waals surface area contributed by atoms with E-state index in [1.54, 1.807) is 30.5 Å². The smallest absolute Gasteiger partial charge is 0.271 e. The second-order valence-electron chi connectivity index (χ2n) is 7.25. The van der Waals surface area contributed by atoms with E-state index in [1.165, 1.54) is 0 Å². The van der Waals surface area contributed by atoms with Crippen LogP contribution in [0.25, 0.3) is 0 Å². The number of nitrogens with one attached hydrogen (secondary N) is 1. The fourth-order valence-corrected chi connectivity index (χ4v) is 3.86. The van der Waals surface area contributed by atoms with E-state index >= 15 is 0 Å². The first-order valence-corrected chi connectivity index (χ1v) is 12.4. The number of benzene rings is 3. The zero-order chi connectivity index (χ0) is 24.3. The van der Waals surface area contributed by atoms with Crippen molar-refractivity contribution in [2.45, 2.75) is 26.9 Å². The van der Waals surface area contributed by atoms with Crippen molar-refractivity contribution >= 4 is 46.3 Å². The number of hydrogen-bond donors (Lipinski definition) is 1. The van der Waals surface area contributed by atoms with Crippen LogP contribution in [0.5, 0.6) is 17.2 Å². The number of carbonyl (C=O) groups excluding carboxylic acids is 1. The highest BCUT2D eigenvalue weighted by atomic mass is 127. The highest BCUT2D eigenvalue weighted by Crippen LogP contribution is 2.34. The summed E-state index contributed by atoms with van der Waals surface area (Å²) in [6, 6.07) is 18.2. The molecule has 0 fully saturated rings. The van der Waals surface area contributed by atoms with Gasteiger partial charge in [0.05, 0.1) is 23.0 Å². The van der Waals surface area contributed by atoms with Crippen molar-refractivity contribution in [3.05, 3.63) is 85.9 Å². The summed E-state index contributed by atoms with van der Waals surface area (Å²) in [4.78, 5) is 12.4. The third-order valence-corrected chi connectivity index (χ3v) is 5.65. The van der Waals surface area contributed by atoms with Crippen molar-refractivity contribution in [2.24, 2.45) is 5.10 Å². The predicted molar refractivity (Wildman–Crippen MR) is 143 cm³/mol. The summed E-state index contributed by atoms with van der Waals surface area (Å²) in [6.45, 7) is 5.47. The van der Waals surface area contributed by atoms with Gasteiger partial charge in [-0.15, -0.1) is 0 Å². The van der Waals surface area contributed by atoms with E-state index in [-0.39, 0.29) is 5.91 Å². The highest BCUT2D eigenvalue weighted by molar-refractivity contribution is 14.1. The molecule has 3 aromatic rings. The average Bonchev–Trinajstić information content (AvgIpc) is 2.84. The molecule has 0 saturated carbocycles. The maximum absolute atomic E-state index is 12.4. The van der Waals surface area contributed by atoms with Crippen molar-refractivity contribution in [2.75, 3.05) is 13.2 Å². The molecule has 0 aliphatic carbocycles. The van der Waals surface area contributed by atoms with Gasteiger partial charge in [-0.05, 0) is 95.6 Å². The Morgan fingerprint density at radius 1 is 1.03 bits per heavy atom. The topological polar surface area (TPSA) is 69.2 Å². The predicted octanol–water partition coefficient (Wildman–Crippen LogP) is 6.48. The molecule has 0 spiro atoms. The number of hydrazone groups is 1. The summed E-state index contributed by atoms with van der Waals surface area (Å²) in [5.41, 5.74) is 4.82. The van der Waals surface area contributed by atoms with Crippen molar-refractivity contribution in [3.63, 3.8) is 0 Å². The van der Waals surface area contributed by atoms with Gasteiger partial charge in [0.25, 0.3) is 5.91 Å². The van der Waals surface area contributed by atoms with Gasteiger partial charge >= 0.3 is 0 Å². The number of ether oxygens (including phenoxy) is 3. The van der Waals surface area contributed by atoms with Gasteiger partial charge in [0.1, 0.15) is 12.4 Å². The molecule has 0 aliphatic heterocycles. The summed E-state index contributed by atoms with van der Waals surface area (Å²) in [6.07, 6.45) is 2.50. The summed E-state index contributed by atoms with van der Waals surface area (Å²) in [5, 5.41) is 4.78. The van der Waals surface area contributed by atoms with Crippen LogP contribution in [0.2, 0.25) is 5.02 Å². The van der Waals surface area contributed by atoms with Crippen molar-refractivity contribution in [1.29, 1.82) is 0 Å². The fourth-order valence-electron chi connectivity index (χ4n) is 2.95. The lowest BCUT2D eigenvalue weighted by atomic mass is 10.2. The van der Waals surface area contributed by atoms with Crippen LogP contribution in [0.1, 0.15) is 41.8 Å². The van der Waals surface area contributed by atoms with E-state index in [9.17, 15) is 4.79 Å². The highest BCUT2D eigenvalue weighted by Gasteiger charge is 2.12. The second kappa shape index (κ2) is 13.2. The second-order valence-corrected chi connectivity index (χ2v) is 8.85. The van der Waals surface area contributed by atoms with E-state index in [0.29, 0.717) is 41.9 Å².